The highest BCUT2D eigenvalue weighted by atomic mass is 79.9. The van der Waals surface area contributed by atoms with E-state index in [0.29, 0.717) is 35.4 Å². The number of hydrogen-bond acceptors (Lipinski definition) is 2. The Morgan fingerprint density at radius 1 is 1.29 bits per heavy atom. The molecule has 1 amide bonds. The van der Waals surface area contributed by atoms with Gasteiger partial charge in [0, 0.05) is 17.4 Å². The molecule has 1 aromatic carbocycles. The summed E-state index contributed by atoms with van der Waals surface area (Å²) < 4.78 is 5.20. The van der Waals surface area contributed by atoms with Gasteiger partial charge in [0.15, 0.2) is 0 Å². The number of ether oxygens (including phenoxy) is 1. The van der Waals surface area contributed by atoms with Crippen LogP contribution in [0.5, 0.6) is 0 Å². The first-order chi connectivity index (χ1) is 8.15. The predicted molar refractivity (Wildman–Crippen MR) is 73.4 cm³/mol. The van der Waals surface area contributed by atoms with E-state index in [-0.39, 0.29) is 5.91 Å². The van der Waals surface area contributed by atoms with Gasteiger partial charge in [0.2, 0.25) is 0 Å². The van der Waals surface area contributed by atoms with Crippen LogP contribution in [0.4, 0.5) is 0 Å². The zero-order valence-electron chi connectivity index (χ0n) is 9.01. The van der Waals surface area contributed by atoms with Crippen LogP contribution in [-0.2, 0) is 4.74 Å². The van der Waals surface area contributed by atoms with E-state index in [1.54, 1.807) is 18.2 Å². The van der Waals surface area contributed by atoms with Crippen LogP contribution in [0.1, 0.15) is 10.4 Å². The third kappa shape index (κ3) is 5.25. The summed E-state index contributed by atoms with van der Waals surface area (Å²) in [4.78, 5) is 11.7. The van der Waals surface area contributed by atoms with Gasteiger partial charge in [0.1, 0.15) is 0 Å². The number of nitrogens with one attached hydrogen (secondary N) is 1. The summed E-state index contributed by atoms with van der Waals surface area (Å²) in [6.45, 7) is 1.58. The minimum Gasteiger partial charge on any atom is -0.379 e. The van der Waals surface area contributed by atoms with Crippen molar-refractivity contribution in [2.75, 3.05) is 25.1 Å². The van der Waals surface area contributed by atoms with Gasteiger partial charge in [-0.1, -0.05) is 39.1 Å². The third-order valence-corrected chi connectivity index (χ3v) is 3.00. The molecule has 0 fully saturated rings. The molecule has 0 aromatic heterocycles. The van der Waals surface area contributed by atoms with E-state index in [4.69, 9.17) is 27.9 Å². The van der Waals surface area contributed by atoms with Gasteiger partial charge >= 0.3 is 0 Å². The van der Waals surface area contributed by atoms with Gasteiger partial charge in [0.25, 0.3) is 5.91 Å². The summed E-state index contributed by atoms with van der Waals surface area (Å²) in [6, 6.07) is 4.77. The summed E-state index contributed by atoms with van der Waals surface area (Å²) >= 11 is 14.8. The van der Waals surface area contributed by atoms with E-state index < -0.39 is 0 Å². The molecule has 0 saturated heterocycles. The van der Waals surface area contributed by atoms with Crippen molar-refractivity contribution >= 4 is 45.0 Å². The van der Waals surface area contributed by atoms with Crippen LogP contribution in [0.3, 0.4) is 0 Å². The first kappa shape index (κ1) is 14.8. The van der Waals surface area contributed by atoms with E-state index >= 15 is 0 Å². The zero-order chi connectivity index (χ0) is 12.7. The molecule has 0 aliphatic carbocycles. The van der Waals surface area contributed by atoms with Crippen LogP contribution in [0, 0.1) is 0 Å². The fraction of sp³-hybridized carbons (Fsp3) is 0.364. The highest BCUT2D eigenvalue weighted by Gasteiger charge is 2.07. The smallest absolute Gasteiger partial charge is 0.251 e. The van der Waals surface area contributed by atoms with Crippen LogP contribution in [0.2, 0.25) is 10.0 Å². The maximum Gasteiger partial charge on any atom is 0.251 e. The molecule has 0 aliphatic rings. The molecule has 0 bridgehead atoms. The quantitative estimate of drug-likeness (QED) is 0.638. The Morgan fingerprint density at radius 3 is 2.71 bits per heavy atom. The lowest BCUT2D eigenvalue weighted by Crippen LogP contribution is -2.27. The Kier molecular flexibility index (Phi) is 6.89. The minimum absolute atomic E-state index is 0.189. The summed E-state index contributed by atoms with van der Waals surface area (Å²) in [5, 5.41) is 4.31. The SMILES string of the molecule is O=C(NCCOCCBr)c1ccc(Cl)c(Cl)c1. The molecule has 0 radical (unpaired) electrons. The molecule has 0 aliphatic heterocycles. The maximum atomic E-state index is 11.7. The predicted octanol–water partition coefficient (Wildman–Crippen LogP) is 3.13. The van der Waals surface area contributed by atoms with Gasteiger partial charge in [-0.05, 0) is 18.2 Å². The molecule has 0 atom stereocenters. The molecule has 1 rings (SSSR count). The molecule has 17 heavy (non-hydrogen) atoms. The normalized spacial score (nSPS) is 10.3. The van der Waals surface area contributed by atoms with Crippen LogP contribution in [0.25, 0.3) is 0 Å². The summed E-state index contributed by atoms with van der Waals surface area (Å²) in [6.07, 6.45) is 0. The minimum atomic E-state index is -0.189. The van der Waals surface area contributed by atoms with Gasteiger partial charge in [-0.3, -0.25) is 4.79 Å². The number of amides is 1. The molecule has 6 heteroatoms. The van der Waals surface area contributed by atoms with Crippen molar-refractivity contribution in [2.45, 2.75) is 0 Å². The van der Waals surface area contributed by atoms with E-state index in [9.17, 15) is 4.79 Å². The Bertz CT molecular complexity index is 388. The second kappa shape index (κ2) is 7.93. The molecular weight excluding hydrogens is 329 g/mol. The Balaban J connectivity index is 2.39. The second-order valence-corrected chi connectivity index (χ2v) is 4.79. The number of carbonyl (C=O) groups is 1. The molecule has 1 N–H and O–H groups in total. The summed E-state index contributed by atoms with van der Waals surface area (Å²) in [7, 11) is 0. The van der Waals surface area contributed by atoms with E-state index in [0.717, 1.165) is 5.33 Å². The highest BCUT2D eigenvalue weighted by molar-refractivity contribution is 9.09. The largest absolute Gasteiger partial charge is 0.379 e. The highest BCUT2D eigenvalue weighted by Crippen LogP contribution is 2.22. The Labute approximate surface area is 119 Å². The van der Waals surface area contributed by atoms with Gasteiger partial charge in [-0.2, -0.15) is 0 Å². The third-order valence-electron chi connectivity index (χ3n) is 1.94. The molecule has 0 saturated carbocycles. The number of rotatable bonds is 6. The lowest BCUT2D eigenvalue weighted by Gasteiger charge is -2.06. The number of hydrogen-bond donors (Lipinski definition) is 1. The van der Waals surface area contributed by atoms with Crippen LogP contribution in [0.15, 0.2) is 18.2 Å². The van der Waals surface area contributed by atoms with Crippen LogP contribution in [-0.4, -0.2) is 31.0 Å². The van der Waals surface area contributed by atoms with E-state index in [2.05, 4.69) is 21.2 Å². The monoisotopic (exact) mass is 339 g/mol. The van der Waals surface area contributed by atoms with Crippen molar-refractivity contribution in [1.29, 1.82) is 0 Å². The topological polar surface area (TPSA) is 38.3 Å². The fourth-order valence-electron chi connectivity index (χ4n) is 1.13. The average Bonchev–Trinajstić information content (AvgIpc) is 2.32. The summed E-state index contributed by atoms with van der Waals surface area (Å²) in [5.74, 6) is -0.189. The number of halogens is 3. The first-order valence-corrected chi connectivity index (χ1v) is 6.90. The average molecular weight is 341 g/mol. The molecule has 1 aromatic rings. The van der Waals surface area contributed by atoms with Gasteiger partial charge in [-0.15, -0.1) is 0 Å². The van der Waals surface area contributed by atoms with Crippen molar-refractivity contribution in [3.63, 3.8) is 0 Å². The van der Waals surface area contributed by atoms with Gasteiger partial charge in [0.05, 0.1) is 23.3 Å². The van der Waals surface area contributed by atoms with E-state index in [1.165, 1.54) is 0 Å². The molecule has 94 valence electrons. The molecular formula is C11H12BrCl2NO2. The Hall–Kier alpha value is -0.290. The summed E-state index contributed by atoms with van der Waals surface area (Å²) in [5.41, 5.74) is 0.486. The molecule has 0 spiro atoms. The van der Waals surface area contributed by atoms with Crippen LogP contribution >= 0.6 is 39.1 Å². The number of alkyl halides is 1. The van der Waals surface area contributed by atoms with Gasteiger partial charge < -0.3 is 10.1 Å². The molecule has 0 heterocycles. The lowest BCUT2D eigenvalue weighted by molar-refractivity contribution is 0.0924. The van der Waals surface area contributed by atoms with Crippen molar-refractivity contribution in [1.82, 2.24) is 5.32 Å². The van der Waals surface area contributed by atoms with Crippen LogP contribution < -0.4 is 5.32 Å². The van der Waals surface area contributed by atoms with E-state index in [1.807, 2.05) is 0 Å². The maximum absolute atomic E-state index is 11.7. The van der Waals surface area contributed by atoms with Crippen molar-refractivity contribution in [2.24, 2.45) is 0 Å². The zero-order valence-corrected chi connectivity index (χ0v) is 12.1. The fourth-order valence-corrected chi connectivity index (χ4v) is 1.66. The van der Waals surface area contributed by atoms with Crippen molar-refractivity contribution < 1.29 is 9.53 Å². The molecule has 0 unspecified atom stereocenters. The Morgan fingerprint density at radius 2 is 2.06 bits per heavy atom. The van der Waals surface area contributed by atoms with Crippen molar-refractivity contribution in [3.8, 4) is 0 Å². The molecule has 3 nitrogen and oxygen atoms in total. The van der Waals surface area contributed by atoms with Gasteiger partial charge in [-0.25, -0.2) is 0 Å². The second-order valence-electron chi connectivity index (χ2n) is 3.19. The lowest BCUT2D eigenvalue weighted by atomic mass is 10.2. The number of benzene rings is 1. The first-order valence-electron chi connectivity index (χ1n) is 5.02. The van der Waals surface area contributed by atoms with Crippen molar-refractivity contribution in [3.05, 3.63) is 33.8 Å². The standard InChI is InChI=1S/C11H12BrCl2NO2/c12-3-5-17-6-4-15-11(16)8-1-2-9(13)10(14)7-8/h1-2,7H,3-6H2,(H,15,16). The number of carbonyl (C=O) groups excluding carboxylic acids is 1.